The zero-order chi connectivity index (χ0) is 22.0. The molecule has 0 bridgehead atoms. The molecule has 29 heavy (non-hydrogen) atoms. The highest BCUT2D eigenvalue weighted by Crippen LogP contribution is 2.44. The molecule has 2 aliphatic rings. The highest BCUT2D eigenvalue weighted by atomic mass is 35.5. The van der Waals surface area contributed by atoms with Crippen molar-refractivity contribution in [2.24, 2.45) is 47.3 Å². The molecule has 3 heteroatoms. The van der Waals surface area contributed by atoms with Gasteiger partial charge in [-0.2, -0.15) is 11.5 Å². The first kappa shape index (κ1) is 27.3. The van der Waals surface area contributed by atoms with Gasteiger partial charge < -0.3 is 4.74 Å². The maximum Gasteiger partial charge on any atom is 0.251 e. The highest BCUT2D eigenvalue weighted by molar-refractivity contribution is 7.07. The van der Waals surface area contributed by atoms with E-state index in [0.717, 1.165) is 60.6 Å². The van der Waals surface area contributed by atoms with Gasteiger partial charge in [0.2, 0.25) is 0 Å². The Hall–Kier alpha value is 0.315. The van der Waals surface area contributed by atoms with Gasteiger partial charge in [0.15, 0.2) is 0 Å². The Morgan fingerprint density at radius 2 is 1.14 bits per heavy atom. The zero-order valence-electron chi connectivity index (χ0n) is 21.1. The minimum Gasteiger partial charge on any atom is -0.382 e. The summed E-state index contributed by atoms with van der Waals surface area (Å²) in [5.41, 5.74) is 0. The van der Waals surface area contributed by atoms with Gasteiger partial charge in [-0.25, -0.2) is 0 Å². The van der Waals surface area contributed by atoms with E-state index in [2.05, 4.69) is 41.5 Å². The average molecular weight is 427 g/mol. The van der Waals surface area contributed by atoms with Gasteiger partial charge in [0.1, 0.15) is 0 Å². The lowest BCUT2D eigenvalue weighted by Crippen LogP contribution is -2.33. The van der Waals surface area contributed by atoms with E-state index in [0.29, 0.717) is 6.13 Å². The summed E-state index contributed by atoms with van der Waals surface area (Å²) in [6.07, 6.45) is 11.5. The van der Waals surface area contributed by atoms with Crippen LogP contribution in [0, 0.1) is 47.3 Å². The molecule has 2 saturated carbocycles. The van der Waals surface area contributed by atoms with Gasteiger partial charge in [0, 0.05) is 13.2 Å². The van der Waals surface area contributed by atoms with Gasteiger partial charge in [-0.1, -0.05) is 67.0 Å². The molecule has 0 aromatic carbocycles. The predicted molar refractivity (Wildman–Crippen MR) is 133 cm³/mol. The minimum absolute atomic E-state index is 0.401. The monoisotopic (exact) mass is 426 g/mol. The van der Waals surface area contributed by atoms with Crippen molar-refractivity contribution >= 4 is 17.6 Å². The molecule has 0 heterocycles. The van der Waals surface area contributed by atoms with Crippen LogP contribution in [0.1, 0.15) is 93.9 Å². The third-order valence-electron chi connectivity index (χ3n) is 7.84. The third-order valence-corrected chi connectivity index (χ3v) is 8.20. The summed E-state index contributed by atoms with van der Waals surface area (Å²) in [4.78, 5) is 0. The van der Waals surface area contributed by atoms with Gasteiger partial charge >= 0.3 is 0 Å². The van der Waals surface area contributed by atoms with Gasteiger partial charge in [-0.3, -0.25) is 0 Å². The van der Waals surface area contributed by atoms with E-state index in [9.17, 15) is 0 Å². The lowest BCUT2D eigenvalue weighted by atomic mass is 9.53. The number of ether oxygens (including phenoxy) is 1. The third kappa shape index (κ3) is 9.98. The normalized spacial score (nSPS) is 32.8. The Kier molecular flexibility index (Phi) is 13.6. The van der Waals surface area contributed by atoms with Crippen LogP contribution in [0.4, 0.5) is 0 Å². The molecule has 0 aliphatic heterocycles. The zero-order valence-corrected chi connectivity index (χ0v) is 21.8. The molecule has 2 fully saturated rings. The summed E-state index contributed by atoms with van der Waals surface area (Å²) in [5, 5.41) is 0. The molecule has 0 aromatic rings. The van der Waals surface area contributed by atoms with E-state index in [1.54, 1.807) is 0 Å². The topological polar surface area (TPSA) is 9.23 Å². The van der Waals surface area contributed by atoms with Gasteiger partial charge in [0.25, 0.3) is 6.13 Å². The second-order valence-electron chi connectivity index (χ2n) is 11.0. The van der Waals surface area contributed by atoms with Gasteiger partial charge in [-0.05, 0) is 86.9 Å². The molecular weight excluding hydrogens is 375 g/mol. The Morgan fingerprint density at radius 1 is 0.759 bits per heavy atom. The summed E-state index contributed by atoms with van der Waals surface area (Å²) in [5.74, 6) is 7.03. The molecule has 6 atom stereocenters. The van der Waals surface area contributed by atoms with Crippen LogP contribution in [0.15, 0.2) is 0 Å². The Morgan fingerprint density at radius 3 is 1.41 bits per heavy atom. The standard InChI is InChI=1S/C22H42BCl.C4H10O/c1-15(2)21-9-7-17(5)11-19(21)13-23(24)14-20-12-18(6)8-10-22(20)16(3)4;1-3-5-4-2/h15-22H,7-14H2,1-6H3;3-4H2,1-2H3/t17-,18-,19-,20-,21+,22+;/m1./s1. The van der Waals surface area contributed by atoms with Crippen molar-refractivity contribution in [2.75, 3.05) is 13.2 Å². The van der Waals surface area contributed by atoms with Crippen molar-refractivity contribution in [3.05, 3.63) is 0 Å². The largest absolute Gasteiger partial charge is 0.382 e. The molecule has 2 rings (SSSR count). The Balaban J connectivity index is 0.000000749. The molecule has 1 nitrogen and oxygen atoms in total. The van der Waals surface area contributed by atoms with Crippen molar-refractivity contribution in [1.29, 1.82) is 0 Å². The molecular formula is C26H52BClO. The van der Waals surface area contributed by atoms with E-state index < -0.39 is 0 Å². The van der Waals surface area contributed by atoms with E-state index >= 15 is 0 Å². The molecule has 0 aromatic heterocycles. The van der Waals surface area contributed by atoms with Gasteiger partial charge in [-0.15, -0.1) is 0 Å². The summed E-state index contributed by atoms with van der Waals surface area (Å²) in [7, 11) is 0. The molecule has 0 radical (unpaired) electrons. The van der Waals surface area contributed by atoms with Crippen LogP contribution in [0.25, 0.3) is 0 Å². The first-order valence-corrected chi connectivity index (χ1v) is 13.3. The predicted octanol–water partition coefficient (Wildman–Crippen LogP) is 8.68. The minimum atomic E-state index is 0.401. The van der Waals surface area contributed by atoms with Crippen molar-refractivity contribution in [3.8, 4) is 0 Å². The van der Waals surface area contributed by atoms with Crippen molar-refractivity contribution in [2.45, 2.75) is 107 Å². The lowest BCUT2D eigenvalue weighted by molar-refractivity contribution is 0.152. The van der Waals surface area contributed by atoms with Crippen LogP contribution in [0.2, 0.25) is 12.6 Å². The van der Waals surface area contributed by atoms with Crippen LogP contribution in [-0.4, -0.2) is 19.3 Å². The molecule has 0 spiro atoms. The summed E-state index contributed by atoms with van der Waals surface area (Å²) >= 11 is 6.98. The van der Waals surface area contributed by atoms with Gasteiger partial charge in [0.05, 0.1) is 0 Å². The lowest BCUT2D eigenvalue weighted by Gasteiger charge is -2.40. The number of halogens is 1. The fourth-order valence-electron chi connectivity index (χ4n) is 6.30. The van der Waals surface area contributed by atoms with E-state index in [4.69, 9.17) is 16.2 Å². The van der Waals surface area contributed by atoms with E-state index in [1.165, 1.54) is 51.2 Å². The maximum atomic E-state index is 6.98. The second kappa shape index (κ2) is 14.4. The summed E-state index contributed by atoms with van der Waals surface area (Å²) in [6.45, 7) is 20.3. The Bertz CT molecular complexity index is 378. The van der Waals surface area contributed by atoms with E-state index in [1.807, 2.05) is 13.8 Å². The summed E-state index contributed by atoms with van der Waals surface area (Å²) < 4.78 is 4.83. The second-order valence-corrected chi connectivity index (χ2v) is 11.6. The van der Waals surface area contributed by atoms with E-state index in [-0.39, 0.29) is 0 Å². The van der Waals surface area contributed by atoms with Crippen molar-refractivity contribution < 1.29 is 4.74 Å². The summed E-state index contributed by atoms with van der Waals surface area (Å²) in [6, 6.07) is 0. The highest BCUT2D eigenvalue weighted by Gasteiger charge is 2.36. The molecule has 0 unspecified atom stereocenters. The van der Waals surface area contributed by atoms with Crippen LogP contribution in [0.3, 0.4) is 0 Å². The molecule has 0 saturated heterocycles. The Labute approximate surface area is 189 Å². The molecule has 172 valence electrons. The smallest absolute Gasteiger partial charge is 0.251 e. The number of hydrogen-bond donors (Lipinski definition) is 0. The van der Waals surface area contributed by atoms with Crippen LogP contribution < -0.4 is 0 Å². The fraction of sp³-hybridized carbons (Fsp3) is 1.00. The molecule has 0 amide bonds. The van der Waals surface area contributed by atoms with Crippen molar-refractivity contribution in [1.82, 2.24) is 0 Å². The average Bonchev–Trinajstić information content (AvgIpc) is 2.62. The molecule has 2 aliphatic carbocycles. The van der Waals surface area contributed by atoms with Crippen LogP contribution in [0.5, 0.6) is 0 Å². The SMILES string of the molecule is CC(C)[C@@H]1CC[C@@H](C)C[C@@H]1CB(Cl)C[C@H]1C[C@H](C)CC[C@H]1C(C)C.CCOCC. The van der Waals surface area contributed by atoms with Crippen LogP contribution >= 0.6 is 11.5 Å². The fourth-order valence-corrected chi connectivity index (χ4v) is 6.76. The van der Waals surface area contributed by atoms with Crippen molar-refractivity contribution in [3.63, 3.8) is 0 Å². The first-order chi connectivity index (χ1) is 13.7. The molecule has 0 N–H and O–H groups in total. The quantitative estimate of drug-likeness (QED) is 0.352. The number of rotatable bonds is 8. The number of hydrogen-bond acceptors (Lipinski definition) is 1. The van der Waals surface area contributed by atoms with Crippen LogP contribution in [-0.2, 0) is 4.74 Å². The maximum absolute atomic E-state index is 6.98. The first-order valence-electron chi connectivity index (χ1n) is 12.9.